The first-order valence-electron chi connectivity index (χ1n) is 9.51. The zero-order chi connectivity index (χ0) is 20.3. The third-order valence-corrected chi connectivity index (χ3v) is 4.35. The highest BCUT2D eigenvalue weighted by atomic mass is 127. The molecule has 0 bridgehead atoms. The van der Waals surface area contributed by atoms with E-state index < -0.39 is 0 Å². The van der Waals surface area contributed by atoms with Gasteiger partial charge in [0.1, 0.15) is 18.1 Å². The number of aliphatic imine (C=N–C) groups is 1. The van der Waals surface area contributed by atoms with Crippen molar-refractivity contribution < 1.29 is 9.47 Å². The molecule has 0 saturated heterocycles. The molecule has 0 spiro atoms. The summed E-state index contributed by atoms with van der Waals surface area (Å²) in [6, 6.07) is 21.6. The second-order valence-corrected chi connectivity index (χ2v) is 6.48. The van der Waals surface area contributed by atoms with Crippen LogP contribution in [0.15, 0.2) is 77.9 Å². The number of benzene rings is 2. The second kappa shape index (κ2) is 12.7. The molecule has 1 heterocycles. The van der Waals surface area contributed by atoms with Gasteiger partial charge in [0.05, 0.1) is 19.3 Å². The fourth-order valence-electron chi connectivity index (χ4n) is 2.69. The maximum Gasteiger partial charge on any atom is 0.188 e. The van der Waals surface area contributed by atoms with Crippen LogP contribution in [0, 0.1) is 0 Å². The minimum atomic E-state index is 0. The van der Waals surface area contributed by atoms with Crippen LogP contribution in [0.4, 0.5) is 0 Å². The molecule has 3 N–H and O–H groups in total. The SMILES string of the molecule is COc1ccc(CCNC(N)=NCc2ccc(OCc3ccccn3)cc2)cc1.I. The lowest BCUT2D eigenvalue weighted by Gasteiger charge is -2.08. The summed E-state index contributed by atoms with van der Waals surface area (Å²) in [5.74, 6) is 2.10. The Morgan fingerprint density at radius 1 is 0.967 bits per heavy atom. The zero-order valence-electron chi connectivity index (χ0n) is 17.0. The molecule has 1 aromatic heterocycles. The average molecular weight is 518 g/mol. The van der Waals surface area contributed by atoms with E-state index >= 15 is 0 Å². The van der Waals surface area contributed by atoms with Gasteiger partial charge in [-0.15, -0.1) is 24.0 Å². The standard InChI is InChI=1S/C23H26N4O2.HI/c1-28-21-9-5-18(6-10-21)13-15-26-23(24)27-16-19-7-11-22(12-8-19)29-17-20-4-2-3-14-25-20;/h2-12,14H,13,15-17H2,1H3,(H3,24,26,27);1H. The molecule has 6 nitrogen and oxygen atoms in total. The number of hydrogen-bond donors (Lipinski definition) is 2. The molecule has 0 atom stereocenters. The van der Waals surface area contributed by atoms with Gasteiger partial charge < -0.3 is 20.5 Å². The molecule has 0 saturated carbocycles. The number of nitrogens with zero attached hydrogens (tertiary/aromatic N) is 2. The van der Waals surface area contributed by atoms with Gasteiger partial charge in [0.2, 0.25) is 0 Å². The van der Waals surface area contributed by atoms with Crippen LogP contribution in [0.1, 0.15) is 16.8 Å². The highest BCUT2D eigenvalue weighted by Crippen LogP contribution is 2.14. The quantitative estimate of drug-likeness (QED) is 0.255. The largest absolute Gasteiger partial charge is 0.497 e. The number of ether oxygens (including phenoxy) is 2. The number of aromatic nitrogens is 1. The molecule has 158 valence electrons. The van der Waals surface area contributed by atoms with Crippen molar-refractivity contribution in [1.82, 2.24) is 10.3 Å². The average Bonchev–Trinajstić information content (AvgIpc) is 2.78. The summed E-state index contributed by atoms with van der Waals surface area (Å²) in [6.45, 7) is 1.69. The highest BCUT2D eigenvalue weighted by molar-refractivity contribution is 14.0. The number of pyridine rings is 1. The summed E-state index contributed by atoms with van der Waals surface area (Å²) in [5.41, 5.74) is 9.14. The van der Waals surface area contributed by atoms with E-state index in [1.54, 1.807) is 13.3 Å². The Morgan fingerprint density at radius 2 is 1.67 bits per heavy atom. The first-order chi connectivity index (χ1) is 14.2. The number of guanidine groups is 1. The van der Waals surface area contributed by atoms with Crippen LogP contribution < -0.4 is 20.5 Å². The minimum Gasteiger partial charge on any atom is -0.497 e. The molecule has 0 aliphatic rings. The van der Waals surface area contributed by atoms with Gasteiger partial charge in [0, 0.05) is 12.7 Å². The lowest BCUT2D eigenvalue weighted by atomic mass is 10.1. The second-order valence-electron chi connectivity index (χ2n) is 6.48. The van der Waals surface area contributed by atoms with E-state index in [4.69, 9.17) is 15.2 Å². The zero-order valence-corrected chi connectivity index (χ0v) is 19.3. The van der Waals surface area contributed by atoms with Crippen molar-refractivity contribution in [3.63, 3.8) is 0 Å². The topological polar surface area (TPSA) is 81.8 Å². The molecule has 0 radical (unpaired) electrons. The summed E-state index contributed by atoms with van der Waals surface area (Å²) in [4.78, 5) is 8.63. The third-order valence-electron chi connectivity index (χ3n) is 4.35. The maximum absolute atomic E-state index is 5.96. The normalized spacial score (nSPS) is 10.8. The number of rotatable bonds is 9. The lowest BCUT2D eigenvalue weighted by Crippen LogP contribution is -2.33. The molecule has 0 amide bonds. The molecule has 2 aromatic carbocycles. The third kappa shape index (κ3) is 7.90. The molecular formula is C23H27IN4O2. The van der Waals surface area contributed by atoms with Crippen molar-refractivity contribution in [2.45, 2.75) is 19.6 Å². The van der Waals surface area contributed by atoms with Crippen LogP contribution in [0.5, 0.6) is 11.5 Å². The maximum atomic E-state index is 5.96. The van der Waals surface area contributed by atoms with Crippen LogP contribution in [0.3, 0.4) is 0 Å². The van der Waals surface area contributed by atoms with Crippen LogP contribution in [-0.4, -0.2) is 24.6 Å². The van der Waals surface area contributed by atoms with Gasteiger partial charge in [0.15, 0.2) is 5.96 Å². The molecule has 0 aliphatic carbocycles. The van der Waals surface area contributed by atoms with E-state index in [2.05, 4.69) is 15.3 Å². The van der Waals surface area contributed by atoms with Crippen molar-refractivity contribution in [3.05, 3.63) is 89.7 Å². The molecule has 0 unspecified atom stereocenters. The fraction of sp³-hybridized carbons (Fsp3) is 0.217. The summed E-state index contributed by atoms with van der Waals surface area (Å²) in [6.07, 6.45) is 2.62. The van der Waals surface area contributed by atoms with Crippen molar-refractivity contribution >= 4 is 29.9 Å². The van der Waals surface area contributed by atoms with E-state index in [1.165, 1.54) is 5.56 Å². The van der Waals surface area contributed by atoms with E-state index in [9.17, 15) is 0 Å². The van der Waals surface area contributed by atoms with Crippen molar-refractivity contribution in [2.75, 3.05) is 13.7 Å². The lowest BCUT2D eigenvalue weighted by molar-refractivity contribution is 0.301. The first-order valence-corrected chi connectivity index (χ1v) is 9.51. The predicted molar refractivity (Wildman–Crippen MR) is 130 cm³/mol. The Bertz CT molecular complexity index is 901. The number of nitrogens with one attached hydrogen (secondary N) is 1. The number of nitrogens with two attached hydrogens (primary N) is 1. The summed E-state index contributed by atoms with van der Waals surface area (Å²) in [7, 11) is 1.66. The van der Waals surface area contributed by atoms with Gasteiger partial charge in [-0.2, -0.15) is 0 Å². The Kier molecular flexibility index (Phi) is 9.93. The van der Waals surface area contributed by atoms with Gasteiger partial charge in [0.25, 0.3) is 0 Å². The van der Waals surface area contributed by atoms with E-state index in [0.29, 0.717) is 19.1 Å². The van der Waals surface area contributed by atoms with E-state index in [0.717, 1.165) is 35.7 Å². The van der Waals surface area contributed by atoms with E-state index in [-0.39, 0.29) is 24.0 Å². The molecule has 0 fully saturated rings. The summed E-state index contributed by atoms with van der Waals surface area (Å²) >= 11 is 0. The number of hydrogen-bond acceptors (Lipinski definition) is 4. The summed E-state index contributed by atoms with van der Waals surface area (Å²) in [5, 5.41) is 3.14. The van der Waals surface area contributed by atoms with Crippen LogP contribution in [-0.2, 0) is 19.6 Å². The van der Waals surface area contributed by atoms with Crippen LogP contribution >= 0.6 is 24.0 Å². The van der Waals surface area contributed by atoms with Gasteiger partial charge in [-0.3, -0.25) is 4.98 Å². The number of methoxy groups -OCH3 is 1. The number of halogens is 1. The Morgan fingerprint density at radius 3 is 2.33 bits per heavy atom. The molecule has 3 aromatic rings. The van der Waals surface area contributed by atoms with Gasteiger partial charge >= 0.3 is 0 Å². The van der Waals surface area contributed by atoms with Crippen molar-refractivity contribution in [3.8, 4) is 11.5 Å². The van der Waals surface area contributed by atoms with Crippen LogP contribution in [0.2, 0.25) is 0 Å². The smallest absolute Gasteiger partial charge is 0.188 e. The van der Waals surface area contributed by atoms with Gasteiger partial charge in [-0.25, -0.2) is 4.99 Å². The van der Waals surface area contributed by atoms with Crippen LogP contribution in [0.25, 0.3) is 0 Å². The van der Waals surface area contributed by atoms with E-state index in [1.807, 2.05) is 66.7 Å². The molecular weight excluding hydrogens is 491 g/mol. The first kappa shape index (κ1) is 23.5. The minimum absolute atomic E-state index is 0. The highest BCUT2D eigenvalue weighted by Gasteiger charge is 1.99. The fourth-order valence-corrected chi connectivity index (χ4v) is 2.69. The molecule has 30 heavy (non-hydrogen) atoms. The van der Waals surface area contributed by atoms with Crippen molar-refractivity contribution in [1.29, 1.82) is 0 Å². The predicted octanol–water partition coefficient (Wildman–Crippen LogP) is 3.93. The molecule has 3 rings (SSSR count). The van der Waals surface area contributed by atoms with Gasteiger partial charge in [-0.1, -0.05) is 30.3 Å². The Labute approximate surface area is 194 Å². The van der Waals surface area contributed by atoms with Gasteiger partial charge in [-0.05, 0) is 53.9 Å². The molecule has 0 aliphatic heterocycles. The Hall–Kier alpha value is -2.81. The Balaban J connectivity index is 0.00000320. The molecule has 7 heteroatoms. The monoisotopic (exact) mass is 518 g/mol. The summed E-state index contributed by atoms with van der Waals surface area (Å²) < 4.78 is 10.9. The van der Waals surface area contributed by atoms with Crippen molar-refractivity contribution in [2.24, 2.45) is 10.7 Å².